The van der Waals surface area contributed by atoms with E-state index in [0.29, 0.717) is 17.4 Å². The molecule has 150 valence electrons. The molecule has 0 radical (unpaired) electrons. The minimum Gasteiger partial charge on any atom is -0.372 e. The van der Waals surface area contributed by atoms with E-state index < -0.39 is 0 Å². The highest BCUT2D eigenvalue weighted by Crippen LogP contribution is 2.23. The van der Waals surface area contributed by atoms with Crippen LogP contribution in [0, 0.1) is 12.8 Å². The molecule has 1 unspecified atom stereocenters. The lowest BCUT2D eigenvalue weighted by Gasteiger charge is -2.32. The molecule has 1 atom stereocenters. The summed E-state index contributed by atoms with van der Waals surface area (Å²) in [6, 6.07) is 9.76. The van der Waals surface area contributed by atoms with Crippen molar-refractivity contribution >= 4 is 23.1 Å². The highest BCUT2D eigenvalue weighted by atomic mass is 16.1. The number of nitrogens with one attached hydrogen (secondary N) is 1. The molecule has 1 N–H and O–H groups in total. The molecule has 0 bridgehead atoms. The minimum absolute atomic E-state index is 0.201. The van der Waals surface area contributed by atoms with Crippen molar-refractivity contribution in [2.24, 2.45) is 5.92 Å². The molecule has 2 aromatic rings. The third-order valence-electron chi connectivity index (χ3n) is 5.29. The second-order valence-electron chi connectivity index (χ2n) is 7.53. The van der Waals surface area contributed by atoms with Crippen LogP contribution < -0.4 is 15.1 Å². The Balaban J connectivity index is 1.73. The second-order valence-corrected chi connectivity index (χ2v) is 7.53. The predicted octanol–water partition coefficient (Wildman–Crippen LogP) is 4.12. The van der Waals surface area contributed by atoms with Crippen molar-refractivity contribution < 1.29 is 4.79 Å². The number of aryl methyl sites for hydroxylation is 1. The van der Waals surface area contributed by atoms with Crippen molar-refractivity contribution in [2.75, 3.05) is 41.3 Å². The third kappa shape index (κ3) is 4.80. The molecule has 1 aromatic carbocycles. The van der Waals surface area contributed by atoms with Crippen molar-refractivity contribution in [3.05, 3.63) is 41.9 Å². The number of hydrogen-bond donors (Lipinski definition) is 1. The smallest absolute Gasteiger partial charge is 0.274 e. The molecular formula is C22H31N5O. The van der Waals surface area contributed by atoms with Crippen LogP contribution in [-0.4, -0.2) is 42.1 Å². The monoisotopic (exact) mass is 381 g/mol. The number of anilines is 3. The van der Waals surface area contributed by atoms with Crippen LogP contribution in [0.3, 0.4) is 0 Å². The lowest BCUT2D eigenvalue weighted by molar-refractivity contribution is 0.102. The maximum Gasteiger partial charge on any atom is 0.274 e. The molecule has 3 rings (SSSR count). The highest BCUT2D eigenvalue weighted by molar-refractivity contribution is 6.03. The minimum atomic E-state index is -0.201. The van der Waals surface area contributed by atoms with E-state index in [2.05, 4.69) is 45.9 Å². The summed E-state index contributed by atoms with van der Waals surface area (Å²) < 4.78 is 0. The van der Waals surface area contributed by atoms with Crippen molar-refractivity contribution in [2.45, 2.75) is 40.5 Å². The van der Waals surface area contributed by atoms with Crippen molar-refractivity contribution in [1.82, 2.24) is 9.97 Å². The average molecular weight is 382 g/mol. The Bertz CT molecular complexity index is 801. The summed E-state index contributed by atoms with van der Waals surface area (Å²) in [5, 5.41) is 2.96. The van der Waals surface area contributed by atoms with Gasteiger partial charge in [0.15, 0.2) is 0 Å². The molecule has 0 aliphatic carbocycles. The topological polar surface area (TPSA) is 61.4 Å². The van der Waals surface area contributed by atoms with Crippen LogP contribution in [0.15, 0.2) is 30.3 Å². The highest BCUT2D eigenvalue weighted by Gasteiger charge is 2.20. The molecule has 2 heterocycles. The van der Waals surface area contributed by atoms with E-state index in [0.717, 1.165) is 49.8 Å². The first-order chi connectivity index (χ1) is 13.5. The Labute approximate surface area is 168 Å². The predicted molar refractivity (Wildman–Crippen MR) is 115 cm³/mol. The molecule has 1 fully saturated rings. The lowest BCUT2D eigenvalue weighted by atomic mass is 10.0. The largest absolute Gasteiger partial charge is 0.372 e. The van der Waals surface area contributed by atoms with Crippen molar-refractivity contribution in [3.63, 3.8) is 0 Å². The Hall–Kier alpha value is -2.63. The molecule has 1 aliphatic rings. The number of hydrogen-bond acceptors (Lipinski definition) is 5. The van der Waals surface area contributed by atoms with E-state index >= 15 is 0 Å². The lowest BCUT2D eigenvalue weighted by Crippen LogP contribution is -2.35. The zero-order chi connectivity index (χ0) is 20.1. The first-order valence-corrected chi connectivity index (χ1v) is 10.3. The number of aromatic nitrogens is 2. The van der Waals surface area contributed by atoms with Gasteiger partial charge in [0.05, 0.1) is 0 Å². The van der Waals surface area contributed by atoms with Gasteiger partial charge in [0.25, 0.3) is 5.91 Å². The quantitative estimate of drug-likeness (QED) is 0.815. The van der Waals surface area contributed by atoms with Crippen LogP contribution in [0.5, 0.6) is 0 Å². The van der Waals surface area contributed by atoms with Gasteiger partial charge in [-0.3, -0.25) is 4.79 Å². The number of rotatable bonds is 6. The average Bonchev–Trinajstić information content (AvgIpc) is 2.69. The summed E-state index contributed by atoms with van der Waals surface area (Å²) in [5.74, 6) is 1.91. The van der Waals surface area contributed by atoms with E-state index in [9.17, 15) is 4.79 Å². The van der Waals surface area contributed by atoms with Gasteiger partial charge in [0, 0.05) is 43.6 Å². The van der Waals surface area contributed by atoms with E-state index in [1.165, 1.54) is 6.42 Å². The Morgan fingerprint density at radius 1 is 1.21 bits per heavy atom. The summed E-state index contributed by atoms with van der Waals surface area (Å²) in [5.41, 5.74) is 2.33. The maximum absolute atomic E-state index is 12.8. The molecule has 28 heavy (non-hydrogen) atoms. The summed E-state index contributed by atoms with van der Waals surface area (Å²) >= 11 is 0. The zero-order valence-corrected chi connectivity index (χ0v) is 17.4. The molecule has 1 saturated heterocycles. The van der Waals surface area contributed by atoms with Gasteiger partial charge in [-0.15, -0.1) is 0 Å². The van der Waals surface area contributed by atoms with Gasteiger partial charge in [-0.25, -0.2) is 9.97 Å². The molecule has 1 aliphatic heterocycles. The van der Waals surface area contributed by atoms with Crippen molar-refractivity contribution in [3.8, 4) is 0 Å². The summed E-state index contributed by atoms with van der Waals surface area (Å²) in [6.45, 7) is 12.2. The number of carbonyl (C=O) groups excluding carboxylic acids is 1. The van der Waals surface area contributed by atoms with Gasteiger partial charge < -0.3 is 15.1 Å². The molecule has 0 spiro atoms. The summed E-state index contributed by atoms with van der Waals surface area (Å²) in [7, 11) is 0. The van der Waals surface area contributed by atoms with Crippen LogP contribution in [0.2, 0.25) is 0 Å². The fraction of sp³-hybridized carbons (Fsp3) is 0.500. The molecule has 0 saturated carbocycles. The maximum atomic E-state index is 12.8. The van der Waals surface area contributed by atoms with Gasteiger partial charge in [-0.2, -0.15) is 0 Å². The SMILES string of the molecule is CCN(CC)c1ccc(NC(=O)c2cc(N3CCCC(C)C3)nc(C)n2)cc1. The third-order valence-corrected chi connectivity index (χ3v) is 5.29. The first kappa shape index (κ1) is 20.1. The standard InChI is InChI=1S/C22H31N5O/c1-5-26(6-2)19-11-9-18(10-12-19)25-22(28)20-14-21(24-17(4)23-20)27-13-7-8-16(3)15-27/h9-12,14,16H,5-8,13,15H2,1-4H3,(H,25,28). The van der Waals surface area contributed by atoms with Gasteiger partial charge in [0.1, 0.15) is 17.3 Å². The van der Waals surface area contributed by atoms with Crippen LogP contribution in [0.1, 0.15) is 49.9 Å². The normalized spacial score (nSPS) is 16.7. The van der Waals surface area contributed by atoms with Crippen LogP contribution in [-0.2, 0) is 0 Å². The number of amides is 1. The fourth-order valence-corrected chi connectivity index (χ4v) is 3.77. The summed E-state index contributed by atoms with van der Waals surface area (Å²) in [6.07, 6.45) is 2.40. The Kier molecular flexibility index (Phi) is 6.49. The van der Waals surface area contributed by atoms with E-state index in [-0.39, 0.29) is 5.91 Å². The van der Waals surface area contributed by atoms with Gasteiger partial charge in [-0.1, -0.05) is 6.92 Å². The van der Waals surface area contributed by atoms with E-state index in [1.54, 1.807) is 0 Å². The second kappa shape index (κ2) is 9.04. The number of benzene rings is 1. The van der Waals surface area contributed by atoms with Gasteiger partial charge in [0.2, 0.25) is 0 Å². The van der Waals surface area contributed by atoms with Crippen LogP contribution in [0.4, 0.5) is 17.2 Å². The molecule has 6 nitrogen and oxygen atoms in total. The first-order valence-electron chi connectivity index (χ1n) is 10.3. The zero-order valence-electron chi connectivity index (χ0n) is 17.4. The number of carbonyl (C=O) groups is 1. The molecule has 1 aromatic heterocycles. The Morgan fingerprint density at radius 3 is 2.57 bits per heavy atom. The number of piperidine rings is 1. The van der Waals surface area contributed by atoms with E-state index in [4.69, 9.17) is 0 Å². The van der Waals surface area contributed by atoms with Gasteiger partial charge in [-0.05, 0) is 63.8 Å². The van der Waals surface area contributed by atoms with Crippen LogP contribution >= 0.6 is 0 Å². The molecule has 6 heteroatoms. The summed E-state index contributed by atoms with van der Waals surface area (Å²) in [4.78, 5) is 26.2. The molecular weight excluding hydrogens is 350 g/mol. The molecule has 1 amide bonds. The van der Waals surface area contributed by atoms with Crippen molar-refractivity contribution in [1.29, 1.82) is 0 Å². The number of nitrogens with zero attached hydrogens (tertiary/aromatic N) is 4. The van der Waals surface area contributed by atoms with Gasteiger partial charge >= 0.3 is 0 Å². The fourth-order valence-electron chi connectivity index (χ4n) is 3.77. The van der Waals surface area contributed by atoms with Crippen LogP contribution in [0.25, 0.3) is 0 Å². The van der Waals surface area contributed by atoms with E-state index in [1.807, 2.05) is 37.3 Å². The Morgan fingerprint density at radius 2 is 1.93 bits per heavy atom.